The van der Waals surface area contributed by atoms with Gasteiger partial charge in [-0.3, -0.25) is 0 Å². The SMILES string of the molecule is Cc1csc(CO)c1S(=O)(=O)NCC1CCCCS1. The predicted molar refractivity (Wildman–Crippen MR) is 80.3 cm³/mol. The van der Waals surface area contributed by atoms with E-state index in [2.05, 4.69) is 4.72 Å². The fraction of sp³-hybridized carbons (Fsp3) is 0.667. The van der Waals surface area contributed by atoms with Gasteiger partial charge in [0.1, 0.15) is 4.90 Å². The Labute approximate surface area is 122 Å². The van der Waals surface area contributed by atoms with Gasteiger partial charge in [0, 0.05) is 11.8 Å². The van der Waals surface area contributed by atoms with Gasteiger partial charge in [-0.1, -0.05) is 6.42 Å². The second-order valence-corrected chi connectivity index (χ2v) is 8.75. The number of rotatable bonds is 5. The van der Waals surface area contributed by atoms with Crippen LogP contribution in [0.15, 0.2) is 10.3 Å². The summed E-state index contributed by atoms with van der Waals surface area (Å²) in [4.78, 5) is 0.780. The molecule has 19 heavy (non-hydrogen) atoms. The van der Waals surface area contributed by atoms with Crippen LogP contribution in [0.2, 0.25) is 0 Å². The van der Waals surface area contributed by atoms with Crippen molar-refractivity contribution in [1.29, 1.82) is 0 Å². The van der Waals surface area contributed by atoms with Crippen molar-refractivity contribution in [2.75, 3.05) is 12.3 Å². The fourth-order valence-electron chi connectivity index (χ4n) is 2.20. The molecule has 1 atom stereocenters. The van der Waals surface area contributed by atoms with Crippen molar-refractivity contribution in [3.05, 3.63) is 15.8 Å². The van der Waals surface area contributed by atoms with Gasteiger partial charge in [-0.2, -0.15) is 11.8 Å². The first-order valence-corrected chi connectivity index (χ1v) is 9.75. The molecule has 4 nitrogen and oxygen atoms in total. The van der Waals surface area contributed by atoms with E-state index in [1.54, 1.807) is 12.3 Å². The summed E-state index contributed by atoms with van der Waals surface area (Å²) in [7, 11) is -3.50. The number of hydrogen-bond donors (Lipinski definition) is 2. The number of thiophene rings is 1. The lowest BCUT2D eigenvalue weighted by Crippen LogP contribution is -2.32. The van der Waals surface area contributed by atoms with Gasteiger partial charge < -0.3 is 5.11 Å². The molecule has 1 aliphatic rings. The third kappa shape index (κ3) is 3.72. The highest BCUT2D eigenvalue weighted by atomic mass is 32.2. The summed E-state index contributed by atoms with van der Waals surface area (Å²) < 4.78 is 27.3. The second kappa shape index (κ2) is 6.58. The molecular formula is C12H19NO3S3. The van der Waals surface area contributed by atoms with E-state index in [1.165, 1.54) is 24.2 Å². The minimum absolute atomic E-state index is 0.229. The molecule has 1 aromatic heterocycles. The minimum Gasteiger partial charge on any atom is -0.391 e. The molecule has 0 spiro atoms. The first-order chi connectivity index (χ1) is 9.04. The van der Waals surface area contributed by atoms with Gasteiger partial charge in [0.05, 0.1) is 11.5 Å². The highest BCUT2D eigenvalue weighted by Crippen LogP contribution is 2.28. The van der Waals surface area contributed by atoms with E-state index < -0.39 is 10.0 Å². The largest absolute Gasteiger partial charge is 0.391 e. The highest BCUT2D eigenvalue weighted by molar-refractivity contribution is 8.00. The van der Waals surface area contributed by atoms with Crippen LogP contribution in [-0.2, 0) is 16.6 Å². The van der Waals surface area contributed by atoms with Crippen LogP contribution in [0.1, 0.15) is 29.7 Å². The van der Waals surface area contributed by atoms with E-state index in [4.69, 9.17) is 0 Å². The summed E-state index contributed by atoms with van der Waals surface area (Å²) in [6, 6.07) is 0. The lowest BCUT2D eigenvalue weighted by Gasteiger charge is -2.21. The van der Waals surface area contributed by atoms with E-state index in [-0.39, 0.29) is 11.5 Å². The lowest BCUT2D eigenvalue weighted by atomic mass is 10.2. The first kappa shape index (κ1) is 15.3. The van der Waals surface area contributed by atoms with E-state index in [1.807, 2.05) is 11.8 Å². The van der Waals surface area contributed by atoms with Crippen molar-refractivity contribution in [2.45, 2.75) is 42.9 Å². The van der Waals surface area contributed by atoms with Gasteiger partial charge in [0.15, 0.2) is 0 Å². The third-order valence-corrected chi connectivity index (χ3v) is 7.45. The molecule has 0 radical (unpaired) electrons. The average molecular weight is 321 g/mol. The van der Waals surface area contributed by atoms with Crippen molar-refractivity contribution >= 4 is 33.1 Å². The maximum Gasteiger partial charge on any atom is 0.242 e. The smallest absolute Gasteiger partial charge is 0.242 e. The lowest BCUT2D eigenvalue weighted by molar-refractivity contribution is 0.282. The fourth-order valence-corrected chi connectivity index (χ4v) is 6.28. The average Bonchev–Trinajstić information content (AvgIpc) is 2.80. The molecule has 0 saturated carbocycles. The molecule has 1 saturated heterocycles. The highest BCUT2D eigenvalue weighted by Gasteiger charge is 2.24. The van der Waals surface area contributed by atoms with Gasteiger partial charge in [-0.15, -0.1) is 11.3 Å². The van der Waals surface area contributed by atoms with Crippen LogP contribution >= 0.6 is 23.1 Å². The molecule has 1 unspecified atom stereocenters. The molecule has 2 heterocycles. The van der Waals surface area contributed by atoms with Gasteiger partial charge in [0.2, 0.25) is 10.0 Å². The Balaban J connectivity index is 2.07. The zero-order valence-electron chi connectivity index (χ0n) is 10.9. The number of nitrogens with one attached hydrogen (secondary N) is 1. The van der Waals surface area contributed by atoms with E-state index in [0.29, 0.717) is 22.2 Å². The summed E-state index contributed by atoms with van der Waals surface area (Å²) >= 11 is 3.13. The molecule has 0 amide bonds. The Bertz CT molecular complexity index is 518. The summed E-state index contributed by atoms with van der Waals surface area (Å²) in [5, 5.41) is 11.4. The molecule has 0 bridgehead atoms. The minimum atomic E-state index is -3.50. The van der Waals surface area contributed by atoms with Gasteiger partial charge in [-0.05, 0) is 36.5 Å². The first-order valence-electron chi connectivity index (χ1n) is 6.33. The van der Waals surface area contributed by atoms with Crippen molar-refractivity contribution < 1.29 is 13.5 Å². The molecular weight excluding hydrogens is 302 g/mol. The Kier molecular flexibility index (Phi) is 5.30. The van der Waals surface area contributed by atoms with E-state index in [0.717, 1.165) is 12.2 Å². The third-order valence-electron chi connectivity index (χ3n) is 3.18. The van der Waals surface area contributed by atoms with Crippen LogP contribution in [-0.4, -0.2) is 31.1 Å². The van der Waals surface area contributed by atoms with Crippen LogP contribution < -0.4 is 4.72 Å². The zero-order chi connectivity index (χ0) is 13.9. The monoisotopic (exact) mass is 321 g/mol. The molecule has 1 aromatic rings. The number of thioether (sulfide) groups is 1. The number of aliphatic hydroxyl groups is 1. The summed E-state index contributed by atoms with van der Waals surface area (Å²) in [6.07, 6.45) is 3.48. The summed E-state index contributed by atoms with van der Waals surface area (Å²) in [5.41, 5.74) is 0.706. The maximum absolute atomic E-state index is 12.3. The van der Waals surface area contributed by atoms with E-state index >= 15 is 0 Å². The Morgan fingerprint density at radius 2 is 2.26 bits per heavy atom. The number of aliphatic hydroxyl groups excluding tert-OH is 1. The number of aryl methyl sites for hydroxylation is 1. The maximum atomic E-state index is 12.3. The van der Waals surface area contributed by atoms with Gasteiger partial charge >= 0.3 is 0 Å². The van der Waals surface area contributed by atoms with Crippen molar-refractivity contribution in [3.63, 3.8) is 0 Å². The Hall–Kier alpha value is -0.0800. The van der Waals surface area contributed by atoms with Crippen molar-refractivity contribution in [2.24, 2.45) is 0 Å². The standard InChI is InChI=1S/C12H19NO3S3/c1-9-8-18-11(7-14)12(9)19(15,16)13-6-10-4-2-3-5-17-10/h8,10,13-14H,2-7H2,1H3. The van der Waals surface area contributed by atoms with Crippen molar-refractivity contribution in [3.8, 4) is 0 Å². The Morgan fingerprint density at radius 3 is 2.89 bits per heavy atom. The van der Waals surface area contributed by atoms with Gasteiger partial charge in [0.25, 0.3) is 0 Å². The van der Waals surface area contributed by atoms with E-state index in [9.17, 15) is 13.5 Å². The number of sulfonamides is 1. The topological polar surface area (TPSA) is 66.4 Å². The molecule has 0 aromatic carbocycles. The molecule has 0 aliphatic carbocycles. The normalized spacial score (nSPS) is 20.6. The number of hydrogen-bond acceptors (Lipinski definition) is 5. The second-order valence-electron chi connectivity index (χ2n) is 4.67. The molecule has 2 N–H and O–H groups in total. The Morgan fingerprint density at radius 1 is 1.47 bits per heavy atom. The van der Waals surface area contributed by atoms with Gasteiger partial charge in [-0.25, -0.2) is 13.1 Å². The molecule has 1 aliphatic heterocycles. The summed E-state index contributed by atoms with van der Waals surface area (Å²) in [6.45, 7) is 2.01. The van der Waals surface area contributed by atoms with Crippen LogP contribution in [0, 0.1) is 6.92 Å². The van der Waals surface area contributed by atoms with Crippen LogP contribution in [0.25, 0.3) is 0 Å². The molecule has 7 heteroatoms. The van der Waals surface area contributed by atoms with Crippen LogP contribution in [0.3, 0.4) is 0 Å². The van der Waals surface area contributed by atoms with Crippen LogP contribution in [0.5, 0.6) is 0 Å². The predicted octanol–water partition coefficient (Wildman–Crippen LogP) is 2.11. The molecule has 2 rings (SSSR count). The quantitative estimate of drug-likeness (QED) is 0.872. The zero-order valence-corrected chi connectivity index (χ0v) is 13.3. The van der Waals surface area contributed by atoms with Crippen molar-refractivity contribution in [1.82, 2.24) is 4.72 Å². The van der Waals surface area contributed by atoms with Crippen LogP contribution in [0.4, 0.5) is 0 Å². The molecule has 1 fully saturated rings. The molecule has 108 valence electrons. The summed E-state index contributed by atoms with van der Waals surface area (Å²) in [5.74, 6) is 1.12.